The van der Waals surface area contributed by atoms with Crippen LogP contribution >= 0.6 is 11.6 Å². The topological polar surface area (TPSA) is 58.6 Å². The maximum Gasteiger partial charge on any atom is 0.251 e. The summed E-state index contributed by atoms with van der Waals surface area (Å²) in [6.07, 6.45) is -0.759. The molecule has 0 aliphatic heterocycles. The third-order valence-electron chi connectivity index (χ3n) is 3.10. The summed E-state index contributed by atoms with van der Waals surface area (Å²) in [5, 5.41) is 13.4. The Morgan fingerprint density at radius 2 is 2.00 bits per heavy atom. The van der Waals surface area contributed by atoms with Crippen molar-refractivity contribution in [1.82, 2.24) is 5.32 Å². The largest absolute Gasteiger partial charge is 0.491 e. The van der Waals surface area contributed by atoms with E-state index < -0.39 is 6.10 Å². The van der Waals surface area contributed by atoms with Crippen molar-refractivity contribution in [3.05, 3.63) is 64.7 Å². The zero-order chi connectivity index (χ0) is 15.9. The highest BCUT2D eigenvalue weighted by atomic mass is 35.5. The molecule has 0 radical (unpaired) electrons. The number of amides is 1. The molecular formula is C17H18ClNO3. The van der Waals surface area contributed by atoms with Crippen molar-refractivity contribution >= 4 is 17.5 Å². The Hall–Kier alpha value is -2.04. The number of ether oxygens (including phenoxy) is 1. The lowest BCUT2D eigenvalue weighted by Gasteiger charge is -2.13. The van der Waals surface area contributed by atoms with Gasteiger partial charge in [-0.25, -0.2) is 0 Å². The molecule has 2 aromatic rings. The van der Waals surface area contributed by atoms with Gasteiger partial charge in [0.15, 0.2) is 0 Å². The molecule has 1 atom stereocenters. The summed E-state index contributed by atoms with van der Waals surface area (Å²) in [6.45, 7) is 2.53. The van der Waals surface area contributed by atoms with Crippen LogP contribution in [0, 0.1) is 0 Å². The molecule has 0 fully saturated rings. The Morgan fingerprint density at radius 1 is 1.27 bits per heavy atom. The second-order valence-electron chi connectivity index (χ2n) is 4.77. The summed E-state index contributed by atoms with van der Waals surface area (Å²) in [5.74, 6) is 0.392. The molecule has 0 bridgehead atoms. The Morgan fingerprint density at radius 3 is 2.68 bits per heavy atom. The third-order valence-corrected chi connectivity index (χ3v) is 3.35. The lowest BCUT2D eigenvalue weighted by Crippen LogP contribution is -2.22. The van der Waals surface area contributed by atoms with Gasteiger partial charge in [0, 0.05) is 17.1 Å². The highest BCUT2D eigenvalue weighted by molar-refractivity contribution is 6.30. The van der Waals surface area contributed by atoms with Crippen molar-refractivity contribution in [3.63, 3.8) is 0 Å². The van der Waals surface area contributed by atoms with Gasteiger partial charge in [-0.15, -0.1) is 0 Å². The predicted molar refractivity (Wildman–Crippen MR) is 86.4 cm³/mol. The molecular weight excluding hydrogens is 302 g/mol. The van der Waals surface area contributed by atoms with E-state index in [1.807, 2.05) is 6.92 Å². The van der Waals surface area contributed by atoms with Crippen molar-refractivity contribution in [2.24, 2.45) is 0 Å². The van der Waals surface area contributed by atoms with Gasteiger partial charge in [0.05, 0.1) is 0 Å². The number of aliphatic hydroxyl groups is 1. The van der Waals surface area contributed by atoms with E-state index in [1.54, 1.807) is 48.5 Å². The van der Waals surface area contributed by atoms with Gasteiger partial charge in [-0.05, 0) is 42.8 Å². The molecule has 0 aromatic heterocycles. The number of benzene rings is 2. The van der Waals surface area contributed by atoms with Gasteiger partial charge in [0.25, 0.3) is 5.91 Å². The minimum Gasteiger partial charge on any atom is -0.491 e. The summed E-state index contributed by atoms with van der Waals surface area (Å²) < 4.78 is 5.56. The van der Waals surface area contributed by atoms with Gasteiger partial charge in [-0.1, -0.05) is 29.8 Å². The van der Waals surface area contributed by atoms with Gasteiger partial charge in [-0.3, -0.25) is 4.79 Å². The van der Waals surface area contributed by atoms with Gasteiger partial charge in [-0.2, -0.15) is 0 Å². The van der Waals surface area contributed by atoms with E-state index in [-0.39, 0.29) is 12.5 Å². The number of carbonyl (C=O) groups excluding carboxylic acids is 1. The van der Waals surface area contributed by atoms with Crippen LogP contribution in [0.25, 0.3) is 0 Å². The molecule has 1 amide bonds. The number of hydrogen-bond acceptors (Lipinski definition) is 3. The van der Waals surface area contributed by atoms with Crippen LogP contribution in [0.2, 0.25) is 5.02 Å². The zero-order valence-corrected chi connectivity index (χ0v) is 13.0. The SMILES string of the molecule is CCNC(=O)c1cccc(OCC(O)c2ccc(Cl)cc2)c1. The lowest BCUT2D eigenvalue weighted by atomic mass is 10.1. The number of nitrogens with one attached hydrogen (secondary N) is 1. The lowest BCUT2D eigenvalue weighted by molar-refractivity contribution is 0.0954. The van der Waals surface area contributed by atoms with Crippen molar-refractivity contribution in [3.8, 4) is 5.75 Å². The number of carbonyl (C=O) groups is 1. The average molecular weight is 320 g/mol. The van der Waals surface area contributed by atoms with Crippen LogP contribution in [0.5, 0.6) is 5.75 Å². The van der Waals surface area contributed by atoms with Crippen molar-refractivity contribution < 1.29 is 14.6 Å². The van der Waals surface area contributed by atoms with E-state index in [9.17, 15) is 9.90 Å². The highest BCUT2D eigenvalue weighted by Gasteiger charge is 2.10. The second kappa shape index (κ2) is 7.82. The van der Waals surface area contributed by atoms with E-state index in [1.165, 1.54) is 0 Å². The second-order valence-corrected chi connectivity index (χ2v) is 5.20. The van der Waals surface area contributed by atoms with Crippen molar-refractivity contribution in [1.29, 1.82) is 0 Å². The Balaban J connectivity index is 1.97. The Bertz CT molecular complexity index is 628. The molecule has 1 unspecified atom stereocenters. The summed E-state index contributed by atoms with van der Waals surface area (Å²) in [6, 6.07) is 13.8. The molecule has 0 aliphatic rings. The fourth-order valence-electron chi connectivity index (χ4n) is 1.95. The average Bonchev–Trinajstić information content (AvgIpc) is 2.54. The molecule has 0 saturated carbocycles. The number of hydrogen-bond donors (Lipinski definition) is 2. The number of aliphatic hydroxyl groups excluding tert-OH is 1. The van der Waals surface area contributed by atoms with Crippen LogP contribution in [0.1, 0.15) is 28.9 Å². The van der Waals surface area contributed by atoms with E-state index >= 15 is 0 Å². The smallest absolute Gasteiger partial charge is 0.251 e. The van der Waals surface area contributed by atoms with Crippen LogP contribution in [0.15, 0.2) is 48.5 Å². The van der Waals surface area contributed by atoms with Gasteiger partial charge >= 0.3 is 0 Å². The third kappa shape index (κ3) is 4.48. The van der Waals surface area contributed by atoms with Crippen LogP contribution < -0.4 is 10.1 Å². The summed E-state index contributed by atoms with van der Waals surface area (Å²) >= 11 is 5.81. The summed E-state index contributed by atoms with van der Waals surface area (Å²) in [7, 11) is 0. The molecule has 2 aromatic carbocycles. The van der Waals surface area contributed by atoms with E-state index in [0.29, 0.717) is 22.9 Å². The molecule has 0 heterocycles. The Labute approximate surface area is 134 Å². The minimum atomic E-state index is -0.759. The first-order valence-electron chi connectivity index (χ1n) is 7.04. The van der Waals surface area contributed by atoms with Crippen LogP contribution in [-0.4, -0.2) is 24.2 Å². The molecule has 5 heteroatoms. The quantitative estimate of drug-likeness (QED) is 0.859. The maximum atomic E-state index is 11.8. The van der Waals surface area contributed by atoms with Crippen molar-refractivity contribution in [2.75, 3.05) is 13.2 Å². The molecule has 4 nitrogen and oxygen atoms in total. The van der Waals surface area contributed by atoms with E-state index in [4.69, 9.17) is 16.3 Å². The highest BCUT2D eigenvalue weighted by Crippen LogP contribution is 2.19. The molecule has 2 rings (SSSR count). The first-order valence-corrected chi connectivity index (χ1v) is 7.42. The van der Waals surface area contributed by atoms with Crippen molar-refractivity contribution in [2.45, 2.75) is 13.0 Å². The standard InChI is InChI=1S/C17H18ClNO3/c1-2-19-17(21)13-4-3-5-15(10-13)22-11-16(20)12-6-8-14(18)9-7-12/h3-10,16,20H,2,11H2,1H3,(H,19,21). The number of rotatable bonds is 6. The van der Waals surface area contributed by atoms with E-state index in [2.05, 4.69) is 5.32 Å². The molecule has 0 saturated heterocycles. The zero-order valence-electron chi connectivity index (χ0n) is 12.3. The molecule has 22 heavy (non-hydrogen) atoms. The number of halogens is 1. The molecule has 116 valence electrons. The first-order chi connectivity index (χ1) is 10.6. The van der Waals surface area contributed by atoms with Crippen LogP contribution in [-0.2, 0) is 0 Å². The van der Waals surface area contributed by atoms with Gasteiger partial charge in [0.1, 0.15) is 18.5 Å². The first kappa shape index (κ1) is 16.3. The maximum absolute atomic E-state index is 11.8. The van der Waals surface area contributed by atoms with Gasteiger partial charge < -0.3 is 15.2 Å². The fourth-order valence-corrected chi connectivity index (χ4v) is 2.07. The summed E-state index contributed by atoms with van der Waals surface area (Å²) in [5.41, 5.74) is 1.25. The van der Waals surface area contributed by atoms with Crippen LogP contribution in [0.3, 0.4) is 0 Å². The monoisotopic (exact) mass is 319 g/mol. The van der Waals surface area contributed by atoms with Gasteiger partial charge in [0.2, 0.25) is 0 Å². The Kier molecular flexibility index (Phi) is 5.81. The molecule has 0 spiro atoms. The fraction of sp³-hybridized carbons (Fsp3) is 0.235. The normalized spacial score (nSPS) is 11.8. The van der Waals surface area contributed by atoms with E-state index in [0.717, 1.165) is 5.56 Å². The molecule has 2 N–H and O–H groups in total. The van der Waals surface area contributed by atoms with Crippen LogP contribution in [0.4, 0.5) is 0 Å². The summed E-state index contributed by atoms with van der Waals surface area (Å²) in [4.78, 5) is 11.8. The molecule has 0 aliphatic carbocycles. The minimum absolute atomic E-state index is 0.0977. The predicted octanol–water partition coefficient (Wildman–Crippen LogP) is 3.20.